The van der Waals surface area contributed by atoms with Gasteiger partial charge < -0.3 is 5.11 Å². The lowest BCUT2D eigenvalue weighted by molar-refractivity contribution is 0.0697. The highest BCUT2D eigenvalue weighted by Crippen LogP contribution is 2.30. The zero-order valence-electron chi connectivity index (χ0n) is 12.9. The van der Waals surface area contributed by atoms with Gasteiger partial charge in [-0.3, -0.25) is 4.90 Å². The minimum atomic E-state index is -0.876. The van der Waals surface area contributed by atoms with E-state index in [1.54, 1.807) is 12.1 Å². The molecule has 3 nitrogen and oxygen atoms in total. The zero-order valence-corrected chi connectivity index (χ0v) is 13.7. The van der Waals surface area contributed by atoms with E-state index in [0.717, 1.165) is 43.1 Å². The van der Waals surface area contributed by atoms with E-state index in [-0.39, 0.29) is 0 Å². The molecule has 0 bridgehead atoms. The fourth-order valence-electron chi connectivity index (χ4n) is 3.20. The fraction of sp³-hybridized carbons (Fsp3) is 0.316. The molecule has 0 radical (unpaired) electrons. The Hall–Kier alpha value is -1.84. The van der Waals surface area contributed by atoms with Crippen molar-refractivity contribution in [2.45, 2.75) is 25.3 Å². The van der Waals surface area contributed by atoms with E-state index < -0.39 is 5.97 Å². The van der Waals surface area contributed by atoms with Crippen molar-refractivity contribution in [2.75, 3.05) is 13.1 Å². The van der Waals surface area contributed by atoms with E-state index in [1.807, 2.05) is 24.3 Å². The molecule has 0 amide bonds. The molecule has 120 valence electrons. The Balaban J connectivity index is 1.55. The fourth-order valence-corrected chi connectivity index (χ4v) is 3.39. The van der Waals surface area contributed by atoms with Gasteiger partial charge >= 0.3 is 5.97 Å². The number of hydrogen-bond acceptors (Lipinski definition) is 2. The predicted octanol–water partition coefficient (Wildman–Crippen LogP) is 4.42. The number of piperidine rings is 1. The van der Waals surface area contributed by atoms with Crippen LogP contribution < -0.4 is 0 Å². The van der Waals surface area contributed by atoms with Crippen LogP contribution in [0.2, 0.25) is 5.02 Å². The summed E-state index contributed by atoms with van der Waals surface area (Å²) >= 11 is 6.08. The summed E-state index contributed by atoms with van der Waals surface area (Å²) < 4.78 is 0. The van der Waals surface area contributed by atoms with Gasteiger partial charge in [-0.15, -0.1) is 0 Å². The van der Waals surface area contributed by atoms with Crippen LogP contribution in [0.15, 0.2) is 48.5 Å². The van der Waals surface area contributed by atoms with Crippen LogP contribution in [-0.4, -0.2) is 29.1 Å². The van der Waals surface area contributed by atoms with Crippen molar-refractivity contribution in [3.05, 3.63) is 70.2 Å². The highest BCUT2D eigenvalue weighted by Gasteiger charge is 2.20. The topological polar surface area (TPSA) is 40.5 Å². The number of rotatable bonds is 4. The average molecular weight is 330 g/mol. The van der Waals surface area contributed by atoms with Crippen molar-refractivity contribution in [3.8, 4) is 0 Å². The second-order valence-corrected chi connectivity index (χ2v) is 6.54. The first-order valence-electron chi connectivity index (χ1n) is 7.92. The minimum Gasteiger partial charge on any atom is -0.478 e. The van der Waals surface area contributed by atoms with E-state index in [0.29, 0.717) is 11.5 Å². The number of likely N-dealkylation sites (tertiary alicyclic amines) is 1. The smallest absolute Gasteiger partial charge is 0.335 e. The number of hydrogen-bond donors (Lipinski definition) is 1. The molecule has 1 saturated heterocycles. The molecule has 2 aromatic rings. The lowest BCUT2D eigenvalue weighted by Crippen LogP contribution is -2.32. The van der Waals surface area contributed by atoms with E-state index in [4.69, 9.17) is 16.7 Å². The number of nitrogens with zero attached hydrogens (tertiary/aromatic N) is 1. The molecule has 0 aromatic heterocycles. The van der Waals surface area contributed by atoms with Crippen molar-refractivity contribution in [1.29, 1.82) is 0 Å². The Kier molecular flexibility index (Phi) is 4.99. The van der Waals surface area contributed by atoms with E-state index >= 15 is 0 Å². The summed E-state index contributed by atoms with van der Waals surface area (Å²) in [5, 5.41) is 9.74. The molecular formula is C19H20ClNO2. The maximum Gasteiger partial charge on any atom is 0.335 e. The van der Waals surface area contributed by atoms with Gasteiger partial charge in [0.25, 0.3) is 0 Å². The molecule has 0 unspecified atom stereocenters. The van der Waals surface area contributed by atoms with Crippen molar-refractivity contribution >= 4 is 17.6 Å². The molecule has 0 spiro atoms. The summed E-state index contributed by atoms with van der Waals surface area (Å²) in [6.07, 6.45) is 2.26. The van der Waals surface area contributed by atoms with Crippen LogP contribution >= 0.6 is 11.6 Å². The van der Waals surface area contributed by atoms with Gasteiger partial charge in [-0.1, -0.05) is 35.9 Å². The maximum absolute atomic E-state index is 10.9. The Labute approximate surface area is 141 Å². The first kappa shape index (κ1) is 16.0. The lowest BCUT2D eigenvalue weighted by Gasteiger charge is -2.32. The molecule has 0 atom stereocenters. The standard InChI is InChI=1S/C19H20ClNO2/c20-18-3-1-2-17(12-18)15-8-10-21(11-9-15)13-14-4-6-16(7-5-14)19(22)23/h1-7,12,15H,8-11,13H2,(H,22,23). The third-order valence-electron chi connectivity index (χ3n) is 4.51. The molecule has 3 rings (SSSR count). The SMILES string of the molecule is O=C(O)c1ccc(CN2CCC(c3cccc(Cl)c3)CC2)cc1. The second-order valence-electron chi connectivity index (χ2n) is 6.11. The molecule has 0 saturated carbocycles. The maximum atomic E-state index is 10.9. The van der Waals surface area contributed by atoms with E-state index in [2.05, 4.69) is 17.0 Å². The molecule has 4 heteroatoms. The number of carboxylic acids is 1. The molecule has 1 aliphatic rings. The van der Waals surface area contributed by atoms with Crippen molar-refractivity contribution < 1.29 is 9.90 Å². The van der Waals surface area contributed by atoms with Gasteiger partial charge in [-0.2, -0.15) is 0 Å². The third-order valence-corrected chi connectivity index (χ3v) is 4.75. The van der Waals surface area contributed by atoms with Crippen molar-refractivity contribution in [3.63, 3.8) is 0 Å². The quantitative estimate of drug-likeness (QED) is 0.902. The molecule has 2 aromatic carbocycles. The van der Waals surface area contributed by atoms with Crippen LogP contribution in [0, 0.1) is 0 Å². The minimum absolute atomic E-state index is 0.341. The number of benzene rings is 2. The summed E-state index contributed by atoms with van der Waals surface area (Å²) in [6, 6.07) is 15.4. The number of halogens is 1. The van der Waals surface area contributed by atoms with Gasteiger partial charge in [0.05, 0.1) is 5.56 Å². The van der Waals surface area contributed by atoms with Gasteiger partial charge in [-0.05, 0) is 67.2 Å². The molecule has 1 heterocycles. The van der Waals surface area contributed by atoms with Crippen molar-refractivity contribution in [2.24, 2.45) is 0 Å². The van der Waals surface area contributed by atoms with Crippen LogP contribution in [0.5, 0.6) is 0 Å². The average Bonchev–Trinajstić information content (AvgIpc) is 2.56. The van der Waals surface area contributed by atoms with Crippen LogP contribution in [0.4, 0.5) is 0 Å². The molecule has 0 aliphatic carbocycles. The first-order valence-corrected chi connectivity index (χ1v) is 8.29. The zero-order chi connectivity index (χ0) is 16.2. The predicted molar refractivity (Wildman–Crippen MR) is 92.1 cm³/mol. The molecule has 23 heavy (non-hydrogen) atoms. The molecule has 1 N–H and O–H groups in total. The molecule has 1 fully saturated rings. The highest BCUT2D eigenvalue weighted by atomic mass is 35.5. The Morgan fingerprint density at radius 1 is 1.13 bits per heavy atom. The summed E-state index contributed by atoms with van der Waals surface area (Å²) in [6.45, 7) is 2.98. The summed E-state index contributed by atoms with van der Waals surface area (Å²) in [4.78, 5) is 13.3. The Morgan fingerprint density at radius 3 is 2.43 bits per heavy atom. The van der Waals surface area contributed by atoms with Gasteiger partial charge in [0.1, 0.15) is 0 Å². The molecular weight excluding hydrogens is 310 g/mol. The largest absolute Gasteiger partial charge is 0.478 e. The number of carbonyl (C=O) groups is 1. The Bertz CT molecular complexity index is 676. The first-order chi connectivity index (χ1) is 11.1. The highest BCUT2D eigenvalue weighted by molar-refractivity contribution is 6.30. The second kappa shape index (κ2) is 7.16. The van der Waals surface area contributed by atoms with E-state index in [1.165, 1.54) is 5.56 Å². The summed E-state index contributed by atoms with van der Waals surface area (Å²) in [5.41, 5.74) is 2.84. The Morgan fingerprint density at radius 2 is 1.83 bits per heavy atom. The van der Waals surface area contributed by atoms with E-state index in [9.17, 15) is 4.79 Å². The van der Waals surface area contributed by atoms with Gasteiger partial charge in [-0.25, -0.2) is 4.79 Å². The van der Waals surface area contributed by atoms with Crippen LogP contribution in [0.3, 0.4) is 0 Å². The summed E-state index contributed by atoms with van der Waals surface area (Å²) in [7, 11) is 0. The van der Waals surface area contributed by atoms with Crippen LogP contribution in [0.1, 0.15) is 40.2 Å². The lowest BCUT2D eigenvalue weighted by atomic mass is 9.89. The van der Waals surface area contributed by atoms with Gasteiger partial charge in [0.2, 0.25) is 0 Å². The van der Waals surface area contributed by atoms with Crippen LogP contribution in [0.25, 0.3) is 0 Å². The number of aromatic carboxylic acids is 1. The molecule has 1 aliphatic heterocycles. The third kappa shape index (κ3) is 4.12. The summed E-state index contributed by atoms with van der Waals surface area (Å²) in [5.74, 6) is -0.293. The van der Waals surface area contributed by atoms with Gasteiger partial charge in [0, 0.05) is 11.6 Å². The normalized spacial score (nSPS) is 16.4. The van der Waals surface area contributed by atoms with Gasteiger partial charge in [0.15, 0.2) is 0 Å². The monoisotopic (exact) mass is 329 g/mol. The number of carboxylic acid groups (broad SMARTS) is 1. The van der Waals surface area contributed by atoms with Crippen LogP contribution in [-0.2, 0) is 6.54 Å². The van der Waals surface area contributed by atoms with Crippen molar-refractivity contribution in [1.82, 2.24) is 4.90 Å².